The summed E-state index contributed by atoms with van der Waals surface area (Å²) in [5.74, 6) is 0. The number of fused-ring (bicyclic) bond motifs is 1. The van der Waals surface area contributed by atoms with Gasteiger partial charge in [-0.3, -0.25) is 0 Å². The number of hydrogen-bond acceptors (Lipinski definition) is 3. The summed E-state index contributed by atoms with van der Waals surface area (Å²) in [6.07, 6.45) is 5.46. The van der Waals surface area contributed by atoms with Crippen molar-refractivity contribution in [3.63, 3.8) is 0 Å². The highest BCUT2D eigenvalue weighted by Gasteiger charge is 2.06. The van der Waals surface area contributed by atoms with E-state index in [1.54, 1.807) is 19.6 Å². The number of aromatic amines is 1. The van der Waals surface area contributed by atoms with Crippen molar-refractivity contribution in [2.45, 2.75) is 6.54 Å². The van der Waals surface area contributed by atoms with Crippen molar-refractivity contribution in [2.75, 3.05) is 13.7 Å². The van der Waals surface area contributed by atoms with Crippen LogP contribution < -0.4 is 0 Å². The third-order valence-electron chi connectivity index (χ3n) is 3.08. The molecule has 0 saturated carbocycles. The molecule has 0 aliphatic carbocycles. The number of nitrogens with one attached hydrogen (secondary N) is 1. The number of methoxy groups -OCH3 is 1. The first-order chi connectivity index (χ1) is 9.29. The van der Waals surface area contributed by atoms with Crippen LogP contribution in [0.5, 0.6) is 0 Å². The zero-order valence-electron chi connectivity index (χ0n) is 10.5. The van der Waals surface area contributed by atoms with Gasteiger partial charge in [-0.05, 0) is 30.4 Å². The second-order valence-electron chi connectivity index (χ2n) is 4.25. The number of H-pyrrole nitrogens is 1. The van der Waals surface area contributed by atoms with Crippen molar-refractivity contribution in [1.29, 1.82) is 0 Å². The summed E-state index contributed by atoms with van der Waals surface area (Å²) in [4.78, 5) is 7.27. The van der Waals surface area contributed by atoms with E-state index in [2.05, 4.69) is 20.6 Å². The van der Waals surface area contributed by atoms with E-state index in [1.807, 2.05) is 22.9 Å². The predicted octanol–water partition coefficient (Wildman–Crippen LogP) is 2.53. The summed E-state index contributed by atoms with van der Waals surface area (Å²) < 4.78 is 9.86. The van der Waals surface area contributed by atoms with Crippen molar-refractivity contribution in [3.8, 4) is 5.69 Å². The maximum atomic E-state index is 5.34. The van der Waals surface area contributed by atoms with Gasteiger partial charge in [0, 0.05) is 31.7 Å². The minimum absolute atomic E-state index is 0.635. The van der Waals surface area contributed by atoms with Crippen molar-refractivity contribution in [2.24, 2.45) is 0 Å². The van der Waals surface area contributed by atoms with Gasteiger partial charge in [0.25, 0.3) is 0 Å². The Morgan fingerprint density at radius 2 is 2.32 bits per heavy atom. The molecule has 0 bridgehead atoms. The van der Waals surface area contributed by atoms with Crippen LogP contribution in [0.4, 0.5) is 0 Å². The Bertz CT molecular complexity index is 742. The van der Waals surface area contributed by atoms with Gasteiger partial charge in [-0.1, -0.05) is 0 Å². The Hall–Kier alpha value is -1.92. The van der Waals surface area contributed by atoms with Crippen molar-refractivity contribution < 1.29 is 4.74 Å². The number of nitrogens with zero attached hydrogens (tertiary/aromatic N) is 3. The fourth-order valence-electron chi connectivity index (χ4n) is 2.12. The molecule has 5 nitrogen and oxygen atoms in total. The number of imidazole rings is 2. The van der Waals surface area contributed by atoms with E-state index in [0.717, 1.165) is 28.0 Å². The van der Waals surface area contributed by atoms with Gasteiger partial charge in [0.1, 0.15) is 0 Å². The van der Waals surface area contributed by atoms with Crippen LogP contribution in [-0.2, 0) is 11.3 Å². The predicted molar refractivity (Wildman–Crippen MR) is 76.1 cm³/mol. The topological polar surface area (TPSA) is 47.8 Å². The number of benzene rings is 1. The van der Waals surface area contributed by atoms with Crippen LogP contribution in [0.3, 0.4) is 0 Å². The van der Waals surface area contributed by atoms with Gasteiger partial charge in [-0.2, -0.15) is 0 Å². The molecule has 2 aromatic heterocycles. The number of aromatic nitrogens is 4. The molecule has 6 heteroatoms. The summed E-state index contributed by atoms with van der Waals surface area (Å²) in [5.41, 5.74) is 3.17. The fourth-order valence-corrected chi connectivity index (χ4v) is 2.42. The van der Waals surface area contributed by atoms with Crippen molar-refractivity contribution >= 4 is 23.3 Å². The van der Waals surface area contributed by atoms with Crippen LogP contribution in [0.2, 0.25) is 0 Å². The molecule has 1 N–H and O–H groups in total. The normalized spacial score (nSPS) is 11.2. The molecule has 3 rings (SSSR count). The first-order valence-electron chi connectivity index (χ1n) is 5.99. The van der Waals surface area contributed by atoms with Gasteiger partial charge < -0.3 is 18.9 Å². The molecule has 0 atom stereocenters. The summed E-state index contributed by atoms with van der Waals surface area (Å²) in [6, 6.07) is 6.17. The molecule has 3 aromatic rings. The highest BCUT2D eigenvalue weighted by Crippen LogP contribution is 2.18. The van der Waals surface area contributed by atoms with Crippen molar-refractivity contribution in [3.05, 3.63) is 41.7 Å². The lowest BCUT2D eigenvalue weighted by Gasteiger charge is -2.06. The highest BCUT2D eigenvalue weighted by atomic mass is 32.1. The molecule has 19 heavy (non-hydrogen) atoms. The molecule has 0 spiro atoms. The van der Waals surface area contributed by atoms with Gasteiger partial charge in [0.2, 0.25) is 0 Å². The van der Waals surface area contributed by atoms with Crippen LogP contribution in [0.15, 0.2) is 36.9 Å². The molecule has 0 fully saturated rings. The lowest BCUT2D eigenvalue weighted by Crippen LogP contribution is -2.04. The van der Waals surface area contributed by atoms with E-state index < -0.39 is 0 Å². The van der Waals surface area contributed by atoms with Gasteiger partial charge in [-0.15, -0.1) is 0 Å². The number of hydrogen-bond donors (Lipinski definition) is 1. The molecule has 0 aliphatic heterocycles. The zero-order chi connectivity index (χ0) is 13.2. The maximum Gasteiger partial charge on any atom is 0.178 e. The standard InChI is InChI=1S/C13H14N4OS/c1-18-7-6-17-12-8-10(16-5-4-14-9-16)2-3-11(12)15-13(17)19/h2-5,8-9H,6-7H2,1H3,(H,15,19). The average molecular weight is 274 g/mol. The minimum atomic E-state index is 0.635. The zero-order valence-corrected chi connectivity index (χ0v) is 11.4. The Morgan fingerprint density at radius 3 is 3.05 bits per heavy atom. The maximum absolute atomic E-state index is 5.34. The number of rotatable bonds is 4. The second-order valence-corrected chi connectivity index (χ2v) is 4.63. The highest BCUT2D eigenvalue weighted by molar-refractivity contribution is 7.71. The molecule has 0 unspecified atom stereocenters. The summed E-state index contributed by atoms with van der Waals surface area (Å²) in [6.45, 7) is 1.37. The molecule has 1 aromatic carbocycles. The van der Waals surface area contributed by atoms with E-state index in [1.165, 1.54) is 0 Å². The van der Waals surface area contributed by atoms with Crippen molar-refractivity contribution in [1.82, 2.24) is 19.1 Å². The van der Waals surface area contributed by atoms with Crippen LogP contribution in [0.1, 0.15) is 0 Å². The molecular formula is C13H14N4OS. The van der Waals surface area contributed by atoms with Crippen LogP contribution in [-0.4, -0.2) is 32.8 Å². The second kappa shape index (κ2) is 4.99. The van der Waals surface area contributed by atoms with E-state index in [9.17, 15) is 0 Å². The molecule has 0 aliphatic rings. The number of ether oxygens (including phenoxy) is 1. The minimum Gasteiger partial charge on any atom is -0.383 e. The molecule has 2 heterocycles. The fraction of sp³-hybridized carbons (Fsp3) is 0.231. The van der Waals surface area contributed by atoms with E-state index in [-0.39, 0.29) is 0 Å². The van der Waals surface area contributed by atoms with E-state index in [4.69, 9.17) is 17.0 Å². The van der Waals surface area contributed by atoms with Crippen LogP contribution in [0.25, 0.3) is 16.7 Å². The first kappa shape index (κ1) is 12.1. The molecule has 0 saturated heterocycles. The monoisotopic (exact) mass is 274 g/mol. The Morgan fingerprint density at radius 1 is 1.42 bits per heavy atom. The third-order valence-corrected chi connectivity index (χ3v) is 3.40. The molecule has 0 radical (unpaired) electrons. The van der Waals surface area contributed by atoms with Gasteiger partial charge in [0.15, 0.2) is 4.77 Å². The van der Waals surface area contributed by atoms with E-state index >= 15 is 0 Å². The summed E-state index contributed by atoms with van der Waals surface area (Å²) >= 11 is 5.34. The average Bonchev–Trinajstić information content (AvgIpc) is 3.03. The lowest BCUT2D eigenvalue weighted by molar-refractivity contribution is 0.188. The van der Waals surface area contributed by atoms with E-state index in [0.29, 0.717) is 6.61 Å². The lowest BCUT2D eigenvalue weighted by atomic mass is 10.2. The Labute approximate surface area is 115 Å². The summed E-state index contributed by atoms with van der Waals surface area (Å²) in [7, 11) is 1.69. The first-order valence-corrected chi connectivity index (χ1v) is 6.40. The third kappa shape index (κ3) is 2.20. The molecule has 98 valence electrons. The van der Waals surface area contributed by atoms with Gasteiger partial charge >= 0.3 is 0 Å². The van der Waals surface area contributed by atoms with Gasteiger partial charge in [-0.25, -0.2) is 4.98 Å². The SMILES string of the molecule is COCCn1c(=S)[nH]c2ccc(-n3ccnc3)cc21. The largest absolute Gasteiger partial charge is 0.383 e. The van der Waals surface area contributed by atoms with Crippen LogP contribution in [0, 0.1) is 4.77 Å². The Balaban J connectivity index is 2.13. The molecule has 0 amide bonds. The smallest absolute Gasteiger partial charge is 0.178 e. The summed E-state index contributed by atoms with van der Waals surface area (Å²) in [5, 5.41) is 0. The molecular weight excluding hydrogens is 260 g/mol. The van der Waals surface area contributed by atoms with Crippen LogP contribution >= 0.6 is 12.2 Å². The Kier molecular flexibility index (Phi) is 3.18. The van der Waals surface area contributed by atoms with Gasteiger partial charge in [0.05, 0.1) is 24.0 Å². The quantitative estimate of drug-likeness (QED) is 0.744.